The van der Waals surface area contributed by atoms with Gasteiger partial charge in [0.2, 0.25) is 0 Å². The number of benzene rings is 1. The summed E-state index contributed by atoms with van der Waals surface area (Å²) in [5, 5.41) is 2.25. The fourth-order valence-electron chi connectivity index (χ4n) is 1.35. The molecular formula is C11H11BrN2S2. The molecule has 0 aliphatic carbocycles. The summed E-state index contributed by atoms with van der Waals surface area (Å²) in [4.78, 5) is 4.27. The Morgan fingerprint density at radius 2 is 2.38 bits per heavy atom. The number of aromatic nitrogens is 1. The average molecular weight is 315 g/mol. The van der Waals surface area contributed by atoms with Gasteiger partial charge in [0.25, 0.3) is 0 Å². The molecule has 84 valence electrons. The van der Waals surface area contributed by atoms with E-state index in [0.29, 0.717) is 6.54 Å². The van der Waals surface area contributed by atoms with E-state index in [0.717, 1.165) is 8.81 Å². The van der Waals surface area contributed by atoms with Crippen molar-refractivity contribution in [1.82, 2.24) is 4.98 Å². The lowest BCUT2D eigenvalue weighted by Crippen LogP contribution is -2.09. The van der Waals surface area contributed by atoms with E-state index >= 15 is 0 Å². The molecule has 2 rings (SSSR count). The van der Waals surface area contributed by atoms with Gasteiger partial charge in [-0.05, 0) is 17.7 Å². The average Bonchev–Trinajstić information content (AvgIpc) is 2.78. The lowest BCUT2D eigenvalue weighted by molar-refractivity contribution is 0.938. The molecule has 0 saturated carbocycles. The van der Waals surface area contributed by atoms with E-state index in [1.165, 1.54) is 5.56 Å². The summed E-state index contributed by atoms with van der Waals surface area (Å²) in [6, 6.07) is 8.26. The smallest absolute Gasteiger partial charge is 0.150 e. The van der Waals surface area contributed by atoms with Crippen LogP contribution in [0.25, 0.3) is 0 Å². The molecule has 1 atom stereocenters. The zero-order valence-corrected chi connectivity index (χ0v) is 11.7. The minimum Gasteiger partial charge on any atom is -0.329 e. The van der Waals surface area contributed by atoms with Crippen molar-refractivity contribution in [2.45, 2.75) is 9.59 Å². The molecule has 16 heavy (non-hydrogen) atoms. The quantitative estimate of drug-likeness (QED) is 0.875. The Kier molecular flexibility index (Phi) is 4.40. The molecule has 0 radical (unpaired) electrons. The second-order valence-electron chi connectivity index (χ2n) is 3.20. The first-order valence-electron chi connectivity index (χ1n) is 4.81. The molecule has 2 N–H and O–H groups in total. The molecule has 1 aromatic carbocycles. The third kappa shape index (κ3) is 3.07. The fraction of sp³-hybridized carbons (Fsp3) is 0.182. The highest BCUT2D eigenvalue weighted by molar-refractivity contribution is 9.10. The van der Waals surface area contributed by atoms with Crippen LogP contribution in [0.5, 0.6) is 0 Å². The summed E-state index contributed by atoms with van der Waals surface area (Å²) in [6.45, 7) is 0.612. The van der Waals surface area contributed by atoms with Gasteiger partial charge in [-0.2, -0.15) is 0 Å². The highest BCUT2D eigenvalue weighted by Crippen LogP contribution is 2.36. The van der Waals surface area contributed by atoms with Gasteiger partial charge in [-0.1, -0.05) is 39.8 Å². The Morgan fingerprint density at radius 3 is 3.00 bits per heavy atom. The fourth-order valence-corrected chi connectivity index (χ4v) is 3.61. The summed E-state index contributed by atoms with van der Waals surface area (Å²) < 4.78 is 2.15. The number of rotatable bonds is 4. The molecule has 5 heteroatoms. The molecule has 0 aliphatic rings. The van der Waals surface area contributed by atoms with Crippen LogP contribution in [0.3, 0.4) is 0 Å². The normalized spacial score (nSPS) is 12.6. The second kappa shape index (κ2) is 5.82. The predicted octanol–water partition coefficient (Wildman–Crippen LogP) is 3.70. The van der Waals surface area contributed by atoms with E-state index in [2.05, 4.69) is 33.0 Å². The van der Waals surface area contributed by atoms with Crippen molar-refractivity contribution in [2.24, 2.45) is 5.73 Å². The number of thioether (sulfide) groups is 1. The minimum atomic E-state index is 0.267. The summed E-state index contributed by atoms with van der Waals surface area (Å²) in [5.74, 6) is 0. The minimum absolute atomic E-state index is 0.267. The molecule has 2 aromatic rings. The third-order valence-electron chi connectivity index (χ3n) is 2.09. The monoisotopic (exact) mass is 314 g/mol. The summed E-state index contributed by atoms with van der Waals surface area (Å²) >= 11 is 6.84. The number of hydrogen-bond donors (Lipinski definition) is 1. The molecule has 1 aromatic heterocycles. The van der Waals surface area contributed by atoms with Crippen molar-refractivity contribution in [3.05, 3.63) is 45.9 Å². The van der Waals surface area contributed by atoms with Crippen molar-refractivity contribution in [3.63, 3.8) is 0 Å². The molecule has 0 saturated heterocycles. The predicted molar refractivity (Wildman–Crippen MR) is 73.9 cm³/mol. The maximum Gasteiger partial charge on any atom is 0.150 e. The number of nitrogens with two attached hydrogens (primary N) is 1. The Hall–Kier alpha value is -0.360. The van der Waals surface area contributed by atoms with Crippen LogP contribution in [0.2, 0.25) is 0 Å². The lowest BCUT2D eigenvalue weighted by atomic mass is 10.1. The largest absolute Gasteiger partial charge is 0.329 e. The molecule has 2 nitrogen and oxygen atoms in total. The molecule has 1 heterocycles. The molecule has 0 aliphatic heterocycles. The van der Waals surface area contributed by atoms with E-state index in [-0.39, 0.29) is 5.25 Å². The molecular weight excluding hydrogens is 304 g/mol. The maximum absolute atomic E-state index is 5.81. The molecule has 0 amide bonds. The topological polar surface area (TPSA) is 38.9 Å². The van der Waals surface area contributed by atoms with Crippen molar-refractivity contribution < 1.29 is 0 Å². The summed E-state index contributed by atoms with van der Waals surface area (Å²) in [7, 11) is 0. The van der Waals surface area contributed by atoms with Crippen LogP contribution in [-0.4, -0.2) is 11.5 Å². The Bertz CT molecular complexity index is 445. The SMILES string of the molecule is NCC(Sc1nccs1)c1cccc(Br)c1. The molecule has 1 unspecified atom stereocenters. The molecule has 0 bridgehead atoms. The van der Waals surface area contributed by atoms with Crippen molar-refractivity contribution in [1.29, 1.82) is 0 Å². The second-order valence-corrected chi connectivity index (χ2v) is 6.46. The van der Waals surface area contributed by atoms with Gasteiger partial charge in [0.1, 0.15) is 4.34 Å². The van der Waals surface area contributed by atoms with Crippen LogP contribution in [0.4, 0.5) is 0 Å². The van der Waals surface area contributed by atoms with Crippen LogP contribution in [0, 0.1) is 0 Å². The number of hydrogen-bond acceptors (Lipinski definition) is 4. The highest BCUT2D eigenvalue weighted by Gasteiger charge is 2.12. The van der Waals surface area contributed by atoms with E-state index in [1.807, 2.05) is 23.7 Å². The number of nitrogens with zero attached hydrogens (tertiary/aromatic N) is 1. The van der Waals surface area contributed by atoms with Crippen molar-refractivity contribution in [3.8, 4) is 0 Å². The van der Waals surface area contributed by atoms with Gasteiger partial charge < -0.3 is 5.73 Å². The van der Waals surface area contributed by atoms with E-state index in [4.69, 9.17) is 5.73 Å². The van der Waals surface area contributed by atoms with Crippen LogP contribution >= 0.6 is 39.0 Å². The number of thiazole rings is 1. The van der Waals surface area contributed by atoms with Gasteiger partial charge in [-0.3, -0.25) is 0 Å². The van der Waals surface area contributed by atoms with E-state index in [9.17, 15) is 0 Å². The van der Waals surface area contributed by atoms with E-state index < -0.39 is 0 Å². The summed E-state index contributed by atoms with van der Waals surface area (Å²) in [6.07, 6.45) is 1.82. The van der Waals surface area contributed by atoms with Crippen LogP contribution in [-0.2, 0) is 0 Å². The van der Waals surface area contributed by atoms with E-state index in [1.54, 1.807) is 23.1 Å². The highest BCUT2D eigenvalue weighted by atomic mass is 79.9. The maximum atomic E-state index is 5.81. The van der Waals surface area contributed by atoms with Gasteiger partial charge in [0.15, 0.2) is 0 Å². The lowest BCUT2D eigenvalue weighted by Gasteiger charge is -2.13. The van der Waals surface area contributed by atoms with Gasteiger partial charge in [-0.25, -0.2) is 4.98 Å². The number of halogens is 1. The summed E-state index contributed by atoms with van der Waals surface area (Å²) in [5.41, 5.74) is 7.05. The van der Waals surface area contributed by atoms with Gasteiger partial charge >= 0.3 is 0 Å². The molecule has 0 fully saturated rings. The zero-order chi connectivity index (χ0) is 11.4. The Morgan fingerprint density at radius 1 is 1.50 bits per heavy atom. The van der Waals surface area contributed by atoms with Gasteiger partial charge in [0, 0.05) is 27.8 Å². The van der Waals surface area contributed by atoms with Gasteiger partial charge in [-0.15, -0.1) is 11.3 Å². The Balaban J connectivity index is 2.16. The standard InChI is InChI=1S/C11H11BrN2S2/c12-9-3-1-2-8(6-9)10(7-13)16-11-14-4-5-15-11/h1-6,10H,7,13H2. The molecule has 0 spiro atoms. The zero-order valence-electron chi connectivity index (χ0n) is 8.47. The van der Waals surface area contributed by atoms with Crippen LogP contribution in [0.1, 0.15) is 10.8 Å². The van der Waals surface area contributed by atoms with Crippen LogP contribution < -0.4 is 5.73 Å². The first-order valence-corrected chi connectivity index (χ1v) is 7.36. The van der Waals surface area contributed by atoms with Crippen molar-refractivity contribution in [2.75, 3.05) is 6.54 Å². The Labute approximate surface area is 111 Å². The van der Waals surface area contributed by atoms with Crippen molar-refractivity contribution >= 4 is 39.0 Å². The third-order valence-corrected chi connectivity index (χ3v) is 4.78. The van der Waals surface area contributed by atoms with Crippen LogP contribution in [0.15, 0.2) is 44.7 Å². The first-order chi connectivity index (χ1) is 7.79. The first kappa shape index (κ1) is 12.1. The van der Waals surface area contributed by atoms with Gasteiger partial charge in [0.05, 0.1) is 0 Å².